The molecule has 0 N–H and O–H groups in total. The fraction of sp³-hybridized carbons (Fsp3) is 0.190. The lowest BCUT2D eigenvalue weighted by Crippen LogP contribution is -2.32. The quantitative estimate of drug-likeness (QED) is 0.481. The van der Waals surface area contributed by atoms with E-state index in [9.17, 15) is 14.0 Å². The molecule has 0 aliphatic carbocycles. The first-order valence-corrected chi connectivity index (χ1v) is 9.87. The van der Waals surface area contributed by atoms with Crippen molar-refractivity contribution in [2.45, 2.75) is 18.6 Å². The predicted molar refractivity (Wildman–Crippen MR) is 112 cm³/mol. The highest BCUT2D eigenvalue weighted by atomic mass is 35.5. The number of ketones is 1. The van der Waals surface area contributed by atoms with E-state index in [0.29, 0.717) is 21.4 Å². The monoisotopic (exact) mass is 416 g/mol. The van der Waals surface area contributed by atoms with Crippen LogP contribution in [0, 0.1) is 12.7 Å². The standard InChI is InChI=1S/C21H18ClFN2O2S/c1-3-10-25-20(27)19(12-18(26)14-4-9-17(22)13(2)11-14)28-21(25)24-16-7-5-15(23)6-8-16/h3-9,11,19H,1,10,12H2,2H3. The van der Waals surface area contributed by atoms with E-state index in [2.05, 4.69) is 11.6 Å². The summed E-state index contributed by atoms with van der Waals surface area (Å²) in [6.45, 7) is 5.79. The summed E-state index contributed by atoms with van der Waals surface area (Å²) in [4.78, 5) is 31.4. The molecule has 1 aliphatic rings. The number of benzene rings is 2. The molecule has 1 fully saturated rings. The third-order valence-electron chi connectivity index (χ3n) is 4.23. The Kier molecular flexibility index (Phi) is 6.31. The van der Waals surface area contributed by atoms with E-state index in [1.165, 1.54) is 40.9 Å². The van der Waals surface area contributed by atoms with Gasteiger partial charge in [-0.05, 0) is 55.0 Å². The predicted octanol–water partition coefficient (Wildman–Crippen LogP) is 5.18. The van der Waals surface area contributed by atoms with Crippen molar-refractivity contribution in [2.75, 3.05) is 6.54 Å². The van der Waals surface area contributed by atoms with Crippen LogP contribution in [0.2, 0.25) is 5.02 Å². The second kappa shape index (κ2) is 8.71. The highest BCUT2D eigenvalue weighted by molar-refractivity contribution is 8.15. The van der Waals surface area contributed by atoms with Crippen molar-refractivity contribution in [3.8, 4) is 0 Å². The zero-order chi connectivity index (χ0) is 20.3. The molecular weight excluding hydrogens is 399 g/mol. The molecule has 7 heteroatoms. The van der Waals surface area contributed by atoms with E-state index in [4.69, 9.17) is 11.6 Å². The number of hydrogen-bond donors (Lipinski definition) is 0. The number of hydrogen-bond acceptors (Lipinski definition) is 4. The highest BCUT2D eigenvalue weighted by Crippen LogP contribution is 2.32. The maximum absolute atomic E-state index is 13.1. The number of Topliss-reactive ketones (excluding diaryl/α,β-unsaturated/α-hetero) is 1. The largest absolute Gasteiger partial charge is 0.294 e. The Morgan fingerprint density at radius 2 is 2.04 bits per heavy atom. The molecule has 0 spiro atoms. The Bertz CT molecular complexity index is 959. The van der Waals surface area contributed by atoms with Gasteiger partial charge in [0.25, 0.3) is 0 Å². The van der Waals surface area contributed by atoms with Crippen LogP contribution in [0.25, 0.3) is 0 Å². The summed E-state index contributed by atoms with van der Waals surface area (Å²) in [5.74, 6) is -0.680. The van der Waals surface area contributed by atoms with Gasteiger partial charge >= 0.3 is 0 Å². The Balaban J connectivity index is 1.81. The van der Waals surface area contributed by atoms with Crippen molar-refractivity contribution in [1.29, 1.82) is 0 Å². The summed E-state index contributed by atoms with van der Waals surface area (Å²) in [6.07, 6.45) is 1.66. The molecular formula is C21H18ClFN2O2S. The van der Waals surface area contributed by atoms with Crippen molar-refractivity contribution in [3.63, 3.8) is 0 Å². The Morgan fingerprint density at radius 1 is 1.32 bits per heavy atom. The minimum atomic E-state index is -0.567. The van der Waals surface area contributed by atoms with Crippen molar-refractivity contribution >= 4 is 45.9 Å². The van der Waals surface area contributed by atoms with Crippen LogP contribution in [-0.4, -0.2) is 33.6 Å². The van der Waals surface area contributed by atoms with Gasteiger partial charge in [0.1, 0.15) is 5.82 Å². The van der Waals surface area contributed by atoms with Crippen molar-refractivity contribution in [1.82, 2.24) is 4.90 Å². The summed E-state index contributed by atoms with van der Waals surface area (Å²) in [5.41, 5.74) is 1.87. The molecule has 0 bridgehead atoms. The third-order valence-corrected chi connectivity index (χ3v) is 5.83. The molecule has 1 aliphatic heterocycles. The van der Waals surface area contributed by atoms with Crippen LogP contribution in [-0.2, 0) is 4.79 Å². The summed E-state index contributed by atoms with van der Waals surface area (Å²) in [6, 6.07) is 10.8. The summed E-state index contributed by atoms with van der Waals surface area (Å²) >= 11 is 7.25. The number of aliphatic imine (C=N–C) groups is 1. The van der Waals surface area contributed by atoms with Gasteiger partial charge < -0.3 is 0 Å². The molecule has 144 valence electrons. The normalized spacial score (nSPS) is 18.0. The van der Waals surface area contributed by atoms with Crippen LogP contribution in [0.5, 0.6) is 0 Å². The van der Waals surface area contributed by atoms with Gasteiger partial charge in [-0.25, -0.2) is 9.38 Å². The van der Waals surface area contributed by atoms with Gasteiger partial charge in [-0.2, -0.15) is 0 Å². The molecule has 0 aromatic heterocycles. The molecule has 1 atom stereocenters. The molecule has 4 nitrogen and oxygen atoms in total. The fourth-order valence-corrected chi connectivity index (χ4v) is 4.04. The van der Waals surface area contributed by atoms with E-state index < -0.39 is 5.25 Å². The average molecular weight is 417 g/mol. The summed E-state index contributed by atoms with van der Waals surface area (Å²) < 4.78 is 13.1. The van der Waals surface area contributed by atoms with Gasteiger partial charge in [-0.1, -0.05) is 29.4 Å². The SMILES string of the molecule is C=CCN1C(=O)C(CC(=O)c2ccc(Cl)c(C)c2)SC1=Nc1ccc(F)cc1. The van der Waals surface area contributed by atoms with Crippen LogP contribution in [0.4, 0.5) is 10.1 Å². The first-order valence-electron chi connectivity index (χ1n) is 8.61. The number of amides is 1. The van der Waals surface area contributed by atoms with Gasteiger partial charge in [-0.3, -0.25) is 14.5 Å². The zero-order valence-corrected chi connectivity index (χ0v) is 16.8. The Hall–Kier alpha value is -2.44. The van der Waals surface area contributed by atoms with E-state index in [1.54, 1.807) is 24.3 Å². The lowest BCUT2D eigenvalue weighted by Gasteiger charge is -2.13. The number of aryl methyl sites for hydroxylation is 1. The number of rotatable bonds is 6. The lowest BCUT2D eigenvalue weighted by molar-refractivity contribution is -0.125. The highest BCUT2D eigenvalue weighted by Gasteiger charge is 2.38. The van der Waals surface area contributed by atoms with Crippen molar-refractivity contribution in [2.24, 2.45) is 4.99 Å². The molecule has 2 aromatic carbocycles. The lowest BCUT2D eigenvalue weighted by atomic mass is 10.0. The second-order valence-electron chi connectivity index (χ2n) is 6.31. The third kappa shape index (κ3) is 4.51. The molecule has 1 unspecified atom stereocenters. The van der Waals surface area contributed by atoms with E-state index in [1.807, 2.05) is 6.92 Å². The molecule has 0 radical (unpaired) electrons. The first kappa shape index (κ1) is 20.3. The second-order valence-corrected chi connectivity index (χ2v) is 7.88. The molecule has 1 amide bonds. The molecule has 1 heterocycles. The van der Waals surface area contributed by atoms with Crippen molar-refractivity contribution < 1.29 is 14.0 Å². The van der Waals surface area contributed by atoms with Crippen LogP contribution in [0.15, 0.2) is 60.1 Å². The van der Waals surface area contributed by atoms with E-state index in [-0.39, 0.29) is 30.5 Å². The van der Waals surface area contributed by atoms with E-state index in [0.717, 1.165) is 5.56 Å². The number of carbonyl (C=O) groups is 2. The first-order chi connectivity index (χ1) is 13.4. The topological polar surface area (TPSA) is 49.7 Å². The molecule has 2 aromatic rings. The minimum absolute atomic E-state index is 0.0562. The van der Waals surface area contributed by atoms with Crippen LogP contribution >= 0.6 is 23.4 Å². The molecule has 28 heavy (non-hydrogen) atoms. The zero-order valence-electron chi connectivity index (χ0n) is 15.2. The molecule has 0 saturated carbocycles. The maximum Gasteiger partial charge on any atom is 0.242 e. The number of carbonyl (C=O) groups excluding carboxylic acids is 2. The van der Waals surface area contributed by atoms with Gasteiger partial charge in [0.15, 0.2) is 11.0 Å². The van der Waals surface area contributed by atoms with Gasteiger partial charge in [-0.15, -0.1) is 6.58 Å². The summed E-state index contributed by atoms with van der Waals surface area (Å²) in [5, 5.41) is 0.498. The average Bonchev–Trinajstić information content (AvgIpc) is 2.95. The Morgan fingerprint density at radius 3 is 2.68 bits per heavy atom. The number of thioether (sulfide) groups is 1. The number of nitrogens with zero attached hydrogens (tertiary/aromatic N) is 2. The van der Waals surface area contributed by atoms with Crippen LogP contribution in [0.3, 0.4) is 0 Å². The van der Waals surface area contributed by atoms with Gasteiger partial charge in [0.05, 0.1) is 10.9 Å². The molecule has 1 saturated heterocycles. The number of amidine groups is 1. The van der Waals surface area contributed by atoms with Crippen LogP contribution in [0.1, 0.15) is 22.3 Å². The maximum atomic E-state index is 13.1. The van der Waals surface area contributed by atoms with Crippen LogP contribution < -0.4 is 0 Å². The van der Waals surface area contributed by atoms with Gasteiger partial charge in [0, 0.05) is 23.6 Å². The van der Waals surface area contributed by atoms with E-state index >= 15 is 0 Å². The molecule has 3 rings (SSSR count). The minimum Gasteiger partial charge on any atom is -0.294 e. The van der Waals surface area contributed by atoms with Crippen molar-refractivity contribution in [3.05, 3.63) is 77.1 Å². The number of halogens is 2. The smallest absolute Gasteiger partial charge is 0.242 e. The Labute approximate surface area is 172 Å². The summed E-state index contributed by atoms with van der Waals surface area (Å²) in [7, 11) is 0. The fourth-order valence-electron chi connectivity index (χ4n) is 2.75. The van der Waals surface area contributed by atoms with Gasteiger partial charge in [0.2, 0.25) is 5.91 Å².